The molecule has 5 N–H and O–H groups in total. The summed E-state index contributed by atoms with van der Waals surface area (Å²) in [7, 11) is -4.93. The molecule has 9 nitrogen and oxygen atoms in total. The largest absolute Gasteiger partial charge is 0.472 e. The molecule has 0 amide bonds. The van der Waals surface area contributed by atoms with E-state index in [1.54, 1.807) is 0 Å². The van der Waals surface area contributed by atoms with Crippen molar-refractivity contribution < 1.29 is 43.7 Å². The summed E-state index contributed by atoms with van der Waals surface area (Å²) in [5, 5.41) is 28.6. The Kier molecular flexibility index (Phi) is 5.88. The number of aliphatic hydroxyl groups is 3. The smallest absolute Gasteiger partial charge is 0.387 e. The van der Waals surface area contributed by atoms with Crippen molar-refractivity contribution in [1.82, 2.24) is 0 Å². The average Bonchev–Trinajstić information content (AvgIpc) is 2.30. The summed E-state index contributed by atoms with van der Waals surface area (Å²) in [6.07, 6.45) is -3.03. The molecular formula is C9H15O9P. The minimum Gasteiger partial charge on any atom is -0.387 e. The SMILES string of the molecule is C#CCOC[C@H]1OC(OP(=O)(O)O)[C@H](O)[C@@H](O)[C@H]1O. The summed E-state index contributed by atoms with van der Waals surface area (Å²) in [6.45, 7) is -0.314. The third kappa shape index (κ3) is 4.81. The Hall–Kier alpha value is -0.530. The quantitative estimate of drug-likeness (QED) is 0.212. The summed E-state index contributed by atoms with van der Waals surface area (Å²) in [5.74, 6) is 2.16. The van der Waals surface area contributed by atoms with E-state index in [4.69, 9.17) is 25.7 Å². The summed E-state index contributed by atoms with van der Waals surface area (Å²) in [4.78, 5) is 17.3. The van der Waals surface area contributed by atoms with Crippen LogP contribution in [0, 0.1) is 12.3 Å². The lowest BCUT2D eigenvalue weighted by atomic mass is 9.99. The first kappa shape index (κ1) is 16.5. The molecule has 10 heteroatoms. The van der Waals surface area contributed by atoms with Crippen molar-refractivity contribution >= 4 is 7.82 Å². The molecule has 0 saturated carbocycles. The summed E-state index contributed by atoms with van der Waals surface area (Å²) < 4.78 is 24.7. The average molecular weight is 298 g/mol. The lowest BCUT2D eigenvalue weighted by molar-refractivity contribution is -0.282. The highest BCUT2D eigenvalue weighted by molar-refractivity contribution is 7.46. The van der Waals surface area contributed by atoms with Gasteiger partial charge in [0.15, 0.2) is 6.29 Å². The van der Waals surface area contributed by atoms with Gasteiger partial charge in [0.05, 0.1) is 6.61 Å². The van der Waals surface area contributed by atoms with Gasteiger partial charge < -0.3 is 34.6 Å². The van der Waals surface area contributed by atoms with Crippen molar-refractivity contribution in [2.45, 2.75) is 30.7 Å². The fourth-order valence-corrected chi connectivity index (χ4v) is 1.96. The molecule has 0 aromatic carbocycles. The molecule has 110 valence electrons. The molecule has 1 aliphatic rings. The number of rotatable bonds is 5. The van der Waals surface area contributed by atoms with Gasteiger partial charge in [-0.3, -0.25) is 4.52 Å². The van der Waals surface area contributed by atoms with Crippen LogP contribution in [-0.2, 0) is 18.6 Å². The van der Waals surface area contributed by atoms with Crippen LogP contribution in [0.4, 0.5) is 0 Å². The standard InChI is InChI=1S/C9H15O9P/c1-2-3-16-4-5-6(10)7(11)8(12)9(17-5)18-19(13,14)15/h1,5-12H,3-4H2,(H2,13,14,15)/t5-,6+,7+,8-,9?/m1/s1. The molecule has 5 atom stereocenters. The van der Waals surface area contributed by atoms with Crippen LogP contribution in [0.15, 0.2) is 0 Å². The Morgan fingerprint density at radius 3 is 2.37 bits per heavy atom. The Morgan fingerprint density at radius 2 is 1.84 bits per heavy atom. The molecule has 0 aromatic rings. The second kappa shape index (κ2) is 6.76. The molecule has 19 heavy (non-hydrogen) atoms. The third-order valence-electron chi connectivity index (χ3n) is 2.38. The van der Waals surface area contributed by atoms with E-state index < -0.39 is 38.5 Å². The van der Waals surface area contributed by atoms with E-state index >= 15 is 0 Å². The normalized spacial score (nSPS) is 35.9. The molecule has 0 radical (unpaired) electrons. The molecule has 1 heterocycles. The molecular weight excluding hydrogens is 283 g/mol. The van der Waals surface area contributed by atoms with E-state index in [0.717, 1.165) is 0 Å². The van der Waals surface area contributed by atoms with Crippen LogP contribution in [0.25, 0.3) is 0 Å². The van der Waals surface area contributed by atoms with E-state index in [1.165, 1.54) is 0 Å². The Bertz CT molecular complexity index is 374. The third-order valence-corrected chi connectivity index (χ3v) is 2.86. The zero-order chi connectivity index (χ0) is 14.6. The van der Waals surface area contributed by atoms with Gasteiger partial charge in [0, 0.05) is 0 Å². The van der Waals surface area contributed by atoms with Crippen LogP contribution >= 0.6 is 7.82 Å². The number of phosphoric ester groups is 1. The van der Waals surface area contributed by atoms with Crippen molar-refractivity contribution in [2.24, 2.45) is 0 Å². The first-order valence-electron chi connectivity index (χ1n) is 5.21. The summed E-state index contributed by atoms with van der Waals surface area (Å²) >= 11 is 0. The van der Waals surface area contributed by atoms with Gasteiger partial charge in [-0.25, -0.2) is 4.57 Å². The van der Waals surface area contributed by atoms with Crippen LogP contribution in [0.2, 0.25) is 0 Å². The molecule has 0 aromatic heterocycles. The molecule has 1 aliphatic heterocycles. The Labute approximate surface area is 109 Å². The number of terminal acetylenes is 1. The maximum atomic E-state index is 10.7. The van der Waals surface area contributed by atoms with Gasteiger partial charge in [-0.05, 0) is 0 Å². The van der Waals surface area contributed by atoms with Gasteiger partial charge in [0.25, 0.3) is 0 Å². The van der Waals surface area contributed by atoms with Crippen LogP contribution in [0.5, 0.6) is 0 Å². The fourth-order valence-electron chi connectivity index (χ4n) is 1.51. The molecule has 1 saturated heterocycles. The predicted octanol–water partition coefficient (Wildman–Crippen LogP) is -2.45. The first-order chi connectivity index (χ1) is 8.76. The van der Waals surface area contributed by atoms with Gasteiger partial charge in [-0.15, -0.1) is 6.42 Å². The highest BCUT2D eigenvalue weighted by atomic mass is 31.2. The number of ether oxygens (including phenoxy) is 2. The second-order valence-corrected chi connectivity index (χ2v) is 5.02. The Balaban J connectivity index is 2.68. The highest BCUT2D eigenvalue weighted by Crippen LogP contribution is 2.40. The van der Waals surface area contributed by atoms with Gasteiger partial charge >= 0.3 is 7.82 Å². The van der Waals surface area contributed by atoms with Gasteiger partial charge in [0.2, 0.25) is 0 Å². The van der Waals surface area contributed by atoms with Crippen LogP contribution in [-0.4, -0.2) is 69.0 Å². The molecule has 0 aliphatic carbocycles. The minimum absolute atomic E-state index is 0.0742. The van der Waals surface area contributed by atoms with Crippen molar-refractivity contribution in [3.8, 4) is 12.3 Å². The van der Waals surface area contributed by atoms with Crippen molar-refractivity contribution in [1.29, 1.82) is 0 Å². The number of hydrogen-bond acceptors (Lipinski definition) is 7. The fraction of sp³-hybridized carbons (Fsp3) is 0.778. The van der Waals surface area contributed by atoms with E-state index in [-0.39, 0.29) is 13.2 Å². The summed E-state index contributed by atoms with van der Waals surface area (Å²) in [6, 6.07) is 0. The minimum atomic E-state index is -4.93. The number of phosphoric acid groups is 1. The Morgan fingerprint density at radius 1 is 1.21 bits per heavy atom. The first-order valence-corrected chi connectivity index (χ1v) is 6.74. The molecule has 1 fully saturated rings. The van der Waals surface area contributed by atoms with E-state index in [2.05, 4.69) is 10.4 Å². The van der Waals surface area contributed by atoms with Gasteiger partial charge in [-0.2, -0.15) is 0 Å². The van der Waals surface area contributed by atoms with E-state index in [9.17, 15) is 19.9 Å². The second-order valence-electron chi connectivity index (χ2n) is 3.83. The molecule has 0 bridgehead atoms. The maximum absolute atomic E-state index is 10.7. The maximum Gasteiger partial charge on any atom is 0.472 e. The van der Waals surface area contributed by atoms with Crippen molar-refractivity contribution in [2.75, 3.05) is 13.2 Å². The van der Waals surface area contributed by atoms with Crippen LogP contribution < -0.4 is 0 Å². The zero-order valence-corrected chi connectivity index (χ0v) is 10.6. The molecule has 1 rings (SSSR count). The monoisotopic (exact) mass is 298 g/mol. The van der Waals surface area contributed by atoms with E-state index in [1.807, 2.05) is 0 Å². The number of aliphatic hydroxyl groups excluding tert-OH is 3. The summed E-state index contributed by atoms with van der Waals surface area (Å²) in [5.41, 5.74) is 0. The van der Waals surface area contributed by atoms with Crippen molar-refractivity contribution in [3.05, 3.63) is 0 Å². The van der Waals surface area contributed by atoms with Gasteiger partial charge in [0.1, 0.15) is 31.0 Å². The molecule has 1 unspecified atom stereocenters. The zero-order valence-electron chi connectivity index (χ0n) is 9.69. The van der Waals surface area contributed by atoms with Gasteiger partial charge in [-0.1, -0.05) is 5.92 Å². The predicted molar refractivity (Wildman–Crippen MR) is 59.5 cm³/mol. The van der Waals surface area contributed by atoms with Crippen molar-refractivity contribution in [3.63, 3.8) is 0 Å². The lowest BCUT2D eigenvalue weighted by Gasteiger charge is -2.39. The topological polar surface area (TPSA) is 146 Å². The van der Waals surface area contributed by atoms with Crippen LogP contribution in [0.3, 0.4) is 0 Å². The van der Waals surface area contributed by atoms with Crippen LogP contribution in [0.1, 0.15) is 0 Å². The number of hydrogen-bond donors (Lipinski definition) is 5. The molecule has 0 spiro atoms. The van der Waals surface area contributed by atoms with E-state index in [0.29, 0.717) is 0 Å². The highest BCUT2D eigenvalue weighted by Gasteiger charge is 2.46. The lowest BCUT2D eigenvalue weighted by Crippen LogP contribution is -2.59.